The van der Waals surface area contributed by atoms with Gasteiger partial charge in [-0.2, -0.15) is 0 Å². The van der Waals surface area contributed by atoms with Crippen LogP contribution in [-0.2, 0) is 11.2 Å². The molecule has 0 unspecified atom stereocenters. The zero-order chi connectivity index (χ0) is 17.0. The van der Waals surface area contributed by atoms with Gasteiger partial charge in [-0.3, -0.25) is 4.79 Å². The Labute approximate surface area is 142 Å². The van der Waals surface area contributed by atoms with Crippen LogP contribution in [0.25, 0.3) is 0 Å². The summed E-state index contributed by atoms with van der Waals surface area (Å²) in [5, 5.41) is 3.21. The van der Waals surface area contributed by atoms with E-state index in [1.807, 2.05) is 0 Å². The molecular formula is C21H33NO. The molecule has 0 heterocycles. The first kappa shape index (κ1) is 18.0. The molecule has 1 fully saturated rings. The first-order chi connectivity index (χ1) is 10.9. The third-order valence-electron chi connectivity index (χ3n) is 5.56. The van der Waals surface area contributed by atoms with Gasteiger partial charge in [0.15, 0.2) is 0 Å². The summed E-state index contributed by atoms with van der Waals surface area (Å²) >= 11 is 0. The molecule has 23 heavy (non-hydrogen) atoms. The van der Waals surface area contributed by atoms with Crippen LogP contribution in [0, 0.1) is 37.5 Å². The second-order valence-corrected chi connectivity index (χ2v) is 7.90. The molecule has 2 heteroatoms. The first-order valence-corrected chi connectivity index (χ1v) is 9.22. The van der Waals surface area contributed by atoms with Crippen molar-refractivity contribution in [3.63, 3.8) is 0 Å². The molecule has 3 atom stereocenters. The molecule has 1 aliphatic rings. The van der Waals surface area contributed by atoms with Crippen LogP contribution in [0.3, 0.4) is 0 Å². The largest absolute Gasteiger partial charge is 0.356 e. The van der Waals surface area contributed by atoms with Gasteiger partial charge in [-0.05, 0) is 62.0 Å². The zero-order valence-electron chi connectivity index (χ0n) is 15.5. The summed E-state index contributed by atoms with van der Waals surface area (Å²) in [7, 11) is 0. The Kier molecular flexibility index (Phi) is 6.26. The number of nitrogens with one attached hydrogen (secondary N) is 1. The van der Waals surface area contributed by atoms with Crippen LogP contribution in [0.1, 0.15) is 56.7 Å². The molecule has 1 aromatic carbocycles. The van der Waals surface area contributed by atoms with Gasteiger partial charge < -0.3 is 5.32 Å². The van der Waals surface area contributed by atoms with Crippen LogP contribution in [0.5, 0.6) is 0 Å². The normalized spacial score (nSPS) is 24.7. The van der Waals surface area contributed by atoms with Crippen LogP contribution < -0.4 is 5.32 Å². The molecule has 1 N–H and O–H groups in total. The monoisotopic (exact) mass is 315 g/mol. The van der Waals surface area contributed by atoms with Crippen molar-refractivity contribution in [1.29, 1.82) is 0 Å². The fourth-order valence-electron chi connectivity index (χ4n) is 4.02. The van der Waals surface area contributed by atoms with Gasteiger partial charge in [-0.15, -0.1) is 0 Å². The van der Waals surface area contributed by atoms with Gasteiger partial charge in [0, 0.05) is 12.5 Å². The maximum Gasteiger partial charge on any atom is 0.223 e. The maximum atomic E-state index is 12.7. The Morgan fingerprint density at radius 1 is 1.26 bits per heavy atom. The summed E-state index contributed by atoms with van der Waals surface area (Å²) < 4.78 is 0. The fourth-order valence-corrected chi connectivity index (χ4v) is 4.02. The van der Waals surface area contributed by atoms with E-state index >= 15 is 0 Å². The highest BCUT2D eigenvalue weighted by atomic mass is 16.1. The molecule has 0 spiro atoms. The number of hydrogen-bond donors (Lipinski definition) is 1. The summed E-state index contributed by atoms with van der Waals surface area (Å²) in [6.45, 7) is 11.8. The van der Waals surface area contributed by atoms with E-state index in [1.165, 1.54) is 29.5 Å². The Morgan fingerprint density at radius 2 is 2.00 bits per heavy atom. The average Bonchev–Trinajstić information content (AvgIpc) is 2.50. The fraction of sp³-hybridized carbons (Fsp3) is 0.667. The quantitative estimate of drug-likeness (QED) is 0.840. The number of benzene rings is 1. The predicted molar refractivity (Wildman–Crippen MR) is 97.5 cm³/mol. The van der Waals surface area contributed by atoms with Crippen LogP contribution in [0.4, 0.5) is 0 Å². The van der Waals surface area contributed by atoms with Crippen molar-refractivity contribution in [1.82, 2.24) is 5.32 Å². The summed E-state index contributed by atoms with van der Waals surface area (Å²) in [6, 6.07) is 6.55. The molecule has 0 radical (unpaired) electrons. The topological polar surface area (TPSA) is 29.1 Å². The molecule has 0 aliphatic heterocycles. The van der Waals surface area contributed by atoms with E-state index in [9.17, 15) is 4.79 Å². The van der Waals surface area contributed by atoms with Crippen LogP contribution in [-0.4, -0.2) is 12.5 Å². The Balaban J connectivity index is 1.91. The van der Waals surface area contributed by atoms with E-state index in [2.05, 4.69) is 58.1 Å². The SMILES string of the molecule is Cc1ccc(C)c(CCNC(=O)[C@@H]2C[C@H](C)CC[C@H]2C(C)C)c1. The Bertz CT molecular complexity index is 535. The van der Waals surface area contributed by atoms with Gasteiger partial charge in [-0.1, -0.05) is 51.0 Å². The van der Waals surface area contributed by atoms with Crippen LogP contribution in [0.2, 0.25) is 0 Å². The van der Waals surface area contributed by atoms with Gasteiger partial charge >= 0.3 is 0 Å². The lowest BCUT2D eigenvalue weighted by Gasteiger charge is -2.36. The number of rotatable bonds is 5. The second-order valence-electron chi connectivity index (χ2n) is 7.90. The van der Waals surface area contributed by atoms with Crippen molar-refractivity contribution in [2.24, 2.45) is 23.7 Å². The smallest absolute Gasteiger partial charge is 0.223 e. The molecule has 1 saturated carbocycles. The molecule has 1 aliphatic carbocycles. The van der Waals surface area contributed by atoms with Gasteiger partial charge in [0.1, 0.15) is 0 Å². The number of carbonyl (C=O) groups excluding carboxylic acids is 1. The third kappa shape index (κ3) is 4.83. The van der Waals surface area contributed by atoms with Crippen molar-refractivity contribution in [3.8, 4) is 0 Å². The van der Waals surface area contributed by atoms with E-state index in [0.717, 1.165) is 19.4 Å². The van der Waals surface area contributed by atoms with Crippen molar-refractivity contribution in [2.75, 3.05) is 6.54 Å². The molecular weight excluding hydrogens is 282 g/mol. The standard InChI is InChI=1S/C21H33NO/c1-14(2)19-9-7-16(4)13-20(19)21(23)22-11-10-18-12-15(3)6-8-17(18)5/h6,8,12,14,16,19-20H,7,9-11,13H2,1-5H3,(H,22,23)/t16-,19+,20-/m1/s1. The minimum Gasteiger partial charge on any atom is -0.356 e. The summed E-state index contributed by atoms with van der Waals surface area (Å²) in [4.78, 5) is 12.7. The zero-order valence-corrected chi connectivity index (χ0v) is 15.5. The van der Waals surface area contributed by atoms with Crippen molar-refractivity contribution < 1.29 is 4.79 Å². The average molecular weight is 316 g/mol. The molecule has 0 saturated heterocycles. The lowest BCUT2D eigenvalue weighted by atomic mass is 9.70. The van der Waals surface area contributed by atoms with Gasteiger partial charge in [0.05, 0.1) is 0 Å². The minimum atomic E-state index is 0.206. The Hall–Kier alpha value is -1.31. The van der Waals surface area contributed by atoms with E-state index in [1.54, 1.807) is 0 Å². The van der Waals surface area contributed by atoms with Crippen LogP contribution in [0.15, 0.2) is 18.2 Å². The highest BCUT2D eigenvalue weighted by Crippen LogP contribution is 2.38. The highest BCUT2D eigenvalue weighted by Gasteiger charge is 2.35. The van der Waals surface area contributed by atoms with Crippen molar-refractivity contribution in [2.45, 2.75) is 60.3 Å². The molecule has 2 nitrogen and oxygen atoms in total. The second kappa shape index (κ2) is 7.99. The molecule has 0 aromatic heterocycles. The Morgan fingerprint density at radius 3 is 2.70 bits per heavy atom. The summed E-state index contributed by atoms with van der Waals surface area (Å²) in [6.07, 6.45) is 4.45. The van der Waals surface area contributed by atoms with Crippen molar-refractivity contribution >= 4 is 5.91 Å². The highest BCUT2D eigenvalue weighted by molar-refractivity contribution is 5.79. The van der Waals surface area contributed by atoms with Crippen molar-refractivity contribution in [3.05, 3.63) is 34.9 Å². The summed E-state index contributed by atoms with van der Waals surface area (Å²) in [5.74, 6) is 2.31. The number of amides is 1. The number of aryl methyl sites for hydroxylation is 2. The van der Waals surface area contributed by atoms with E-state index in [-0.39, 0.29) is 11.8 Å². The number of hydrogen-bond acceptors (Lipinski definition) is 1. The lowest BCUT2D eigenvalue weighted by molar-refractivity contribution is -0.129. The third-order valence-corrected chi connectivity index (χ3v) is 5.56. The number of carbonyl (C=O) groups is 1. The molecule has 1 aromatic rings. The molecule has 0 bridgehead atoms. The maximum absolute atomic E-state index is 12.7. The van der Waals surface area contributed by atoms with Crippen LogP contribution >= 0.6 is 0 Å². The predicted octanol–water partition coefficient (Wildman–Crippen LogP) is 4.67. The van der Waals surface area contributed by atoms with Gasteiger partial charge in [-0.25, -0.2) is 0 Å². The van der Waals surface area contributed by atoms with E-state index in [0.29, 0.717) is 17.8 Å². The summed E-state index contributed by atoms with van der Waals surface area (Å²) in [5.41, 5.74) is 3.96. The molecule has 2 rings (SSSR count). The molecule has 1 amide bonds. The first-order valence-electron chi connectivity index (χ1n) is 9.22. The lowest BCUT2D eigenvalue weighted by Crippen LogP contribution is -2.40. The minimum absolute atomic E-state index is 0.206. The molecule has 128 valence electrons. The van der Waals surface area contributed by atoms with Gasteiger partial charge in [0.25, 0.3) is 0 Å². The van der Waals surface area contributed by atoms with Gasteiger partial charge in [0.2, 0.25) is 5.91 Å². The van der Waals surface area contributed by atoms with E-state index < -0.39 is 0 Å². The van der Waals surface area contributed by atoms with E-state index in [4.69, 9.17) is 0 Å².